The van der Waals surface area contributed by atoms with Crippen LogP contribution < -0.4 is 5.56 Å². The molecule has 0 saturated heterocycles. The lowest BCUT2D eigenvalue weighted by molar-refractivity contribution is 0.583. The van der Waals surface area contributed by atoms with E-state index in [1.165, 1.54) is 0 Å². The molecule has 2 heterocycles. The number of H-pyrrole nitrogens is 1. The van der Waals surface area contributed by atoms with Crippen molar-refractivity contribution in [3.63, 3.8) is 0 Å². The summed E-state index contributed by atoms with van der Waals surface area (Å²) in [5.41, 5.74) is 2.12. The Morgan fingerprint density at radius 1 is 1.35 bits per heavy atom. The zero-order chi connectivity index (χ0) is 14.1. The van der Waals surface area contributed by atoms with E-state index in [1.54, 1.807) is 17.0 Å². The second-order valence-electron chi connectivity index (χ2n) is 4.99. The number of hydrogen-bond acceptors (Lipinski definition) is 2. The maximum atomic E-state index is 12.4. The molecule has 1 aromatic carbocycles. The van der Waals surface area contributed by atoms with E-state index in [0.29, 0.717) is 22.6 Å². The fourth-order valence-corrected chi connectivity index (χ4v) is 2.63. The van der Waals surface area contributed by atoms with Crippen LogP contribution in [0.2, 0.25) is 5.02 Å². The molecule has 0 bridgehead atoms. The van der Waals surface area contributed by atoms with E-state index in [1.807, 2.05) is 12.1 Å². The second kappa shape index (κ2) is 5.29. The van der Waals surface area contributed by atoms with E-state index < -0.39 is 0 Å². The van der Waals surface area contributed by atoms with Gasteiger partial charge in [-0.25, -0.2) is 4.98 Å². The zero-order valence-electron chi connectivity index (χ0n) is 11.3. The molecule has 3 rings (SSSR count). The number of hydrogen-bond donors (Lipinski definition) is 1. The van der Waals surface area contributed by atoms with Gasteiger partial charge in [-0.15, -0.1) is 0 Å². The average Bonchev–Trinajstić information content (AvgIpc) is 2.80. The standard InChI is InChI=1S/C15H16ClN3O/c1-2-3-4-7-19-9-17-13-11-8-10(16)5-6-12(11)18-14(13)15(19)20/h5-6,8-9,18H,2-4,7H2,1H3. The fourth-order valence-electron chi connectivity index (χ4n) is 2.45. The average molecular weight is 290 g/mol. The third-order valence-electron chi connectivity index (χ3n) is 3.54. The Morgan fingerprint density at radius 3 is 3.00 bits per heavy atom. The van der Waals surface area contributed by atoms with Gasteiger partial charge in [0.15, 0.2) is 0 Å². The fraction of sp³-hybridized carbons (Fsp3) is 0.333. The summed E-state index contributed by atoms with van der Waals surface area (Å²) in [6.07, 6.45) is 4.88. The van der Waals surface area contributed by atoms with Crippen LogP contribution in [0, 0.1) is 0 Å². The lowest BCUT2D eigenvalue weighted by atomic mass is 10.2. The van der Waals surface area contributed by atoms with Crippen molar-refractivity contribution in [3.8, 4) is 0 Å². The minimum Gasteiger partial charge on any atom is -0.349 e. The smallest absolute Gasteiger partial charge is 0.277 e. The Balaban J connectivity index is 2.13. The Morgan fingerprint density at radius 2 is 2.20 bits per heavy atom. The molecule has 0 aliphatic carbocycles. The van der Waals surface area contributed by atoms with E-state index in [2.05, 4.69) is 16.9 Å². The van der Waals surface area contributed by atoms with Gasteiger partial charge in [0, 0.05) is 22.5 Å². The number of nitrogens with zero attached hydrogens (tertiary/aromatic N) is 2. The molecule has 0 unspecified atom stereocenters. The number of unbranched alkanes of at least 4 members (excludes halogenated alkanes) is 2. The van der Waals surface area contributed by atoms with Crippen molar-refractivity contribution in [2.75, 3.05) is 0 Å². The minimum atomic E-state index is -0.0153. The van der Waals surface area contributed by atoms with Gasteiger partial charge in [-0.05, 0) is 24.6 Å². The Kier molecular flexibility index (Phi) is 3.49. The summed E-state index contributed by atoms with van der Waals surface area (Å²) >= 11 is 6.01. The summed E-state index contributed by atoms with van der Waals surface area (Å²) in [4.78, 5) is 20.0. The Labute approximate surface area is 121 Å². The summed E-state index contributed by atoms with van der Waals surface area (Å²) in [7, 11) is 0. The predicted molar refractivity (Wildman–Crippen MR) is 82.4 cm³/mol. The van der Waals surface area contributed by atoms with E-state index >= 15 is 0 Å². The second-order valence-corrected chi connectivity index (χ2v) is 5.43. The van der Waals surface area contributed by atoms with Crippen LogP contribution >= 0.6 is 11.6 Å². The van der Waals surface area contributed by atoms with Gasteiger partial charge in [0.05, 0.1) is 6.33 Å². The first-order valence-corrected chi connectivity index (χ1v) is 7.25. The minimum absolute atomic E-state index is 0.0153. The molecular formula is C15H16ClN3O. The highest BCUT2D eigenvalue weighted by Crippen LogP contribution is 2.24. The van der Waals surface area contributed by atoms with Gasteiger partial charge in [0.2, 0.25) is 0 Å². The molecule has 104 valence electrons. The third-order valence-corrected chi connectivity index (χ3v) is 3.77. The van der Waals surface area contributed by atoms with Crippen LogP contribution in [0.25, 0.3) is 21.9 Å². The van der Waals surface area contributed by atoms with Crippen molar-refractivity contribution in [2.24, 2.45) is 0 Å². The van der Waals surface area contributed by atoms with Crippen LogP contribution in [0.5, 0.6) is 0 Å². The molecule has 0 atom stereocenters. The molecule has 0 aliphatic rings. The molecule has 0 aliphatic heterocycles. The number of aryl methyl sites for hydroxylation is 1. The van der Waals surface area contributed by atoms with Crippen LogP contribution in [0.15, 0.2) is 29.3 Å². The molecule has 0 saturated carbocycles. The van der Waals surface area contributed by atoms with E-state index in [4.69, 9.17) is 11.6 Å². The highest BCUT2D eigenvalue weighted by atomic mass is 35.5. The van der Waals surface area contributed by atoms with Crippen molar-refractivity contribution in [1.29, 1.82) is 0 Å². The van der Waals surface area contributed by atoms with Crippen molar-refractivity contribution in [1.82, 2.24) is 14.5 Å². The largest absolute Gasteiger partial charge is 0.349 e. The van der Waals surface area contributed by atoms with Gasteiger partial charge in [-0.2, -0.15) is 0 Å². The van der Waals surface area contributed by atoms with Gasteiger partial charge in [0.25, 0.3) is 5.56 Å². The highest BCUT2D eigenvalue weighted by Gasteiger charge is 2.10. The third kappa shape index (κ3) is 2.20. The molecule has 0 radical (unpaired) electrons. The van der Waals surface area contributed by atoms with Crippen molar-refractivity contribution >= 4 is 33.5 Å². The maximum Gasteiger partial charge on any atom is 0.277 e. The van der Waals surface area contributed by atoms with Crippen LogP contribution in [-0.4, -0.2) is 14.5 Å². The van der Waals surface area contributed by atoms with Crippen molar-refractivity contribution in [2.45, 2.75) is 32.7 Å². The van der Waals surface area contributed by atoms with Gasteiger partial charge in [-0.1, -0.05) is 31.4 Å². The lowest BCUT2D eigenvalue weighted by Gasteiger charge is -2.03. The molecule has 20 heavy (non-hydrogen) atoms. The van der Waals surface area contributed by atoms with Gasteiger partial charge >= 0.3 is 0 Å². The topological polar surface area (TPSA) is 50.7 Å². The van der Waals surface area contributed by atoms with Crippen LogP contribution in [0.3, 0.4) is 0 Å². The molecule has 2 aromatic heterocycles. The molecule has 0 spiro atoms. The van der Waals surface area contributed by atoms with E-state index in [0.717, 1.165) is 30.2 Å². The maximum absolute atomic E-state index is 12.4. The van der Waals surface area contributed by atoms with Crippen molar-refractivity contribution < 1.29 is 0 Å². The molecule has 0 fully saturated rings. The lowest BCUT2D eigenvalue weighted by Crippen LogP contribution is -2.20. The summed E-state index contributed by atoms with van der Waals surface area (Å²) in [6, 6.07) is 5.52. The first-order valence-electron chi connectivity index (χ1n) is 6.87. The number of benzene rings is 1. The van der Waals surface area contributed by atoms with Gasteiger partial charge in [-0.3, -0.25) is 9.36 Å². The molecule has 4 nitrogen and oxygen atoms in total. The molecule has 1 N–H and O–H groups in total. The Bertz CT molecular complexity index is 819. The Hall–Kier alpha value is -1.81. The first kappa shape index (κ1) is 13.2. The summed E-state index contributed by atoms with van der Waals surface area (Å²) in [5.74, 6) is 0. The molecule has 5 heteroatoms. The van der Waals surface area contributed by atoms with Crippen LogP contribution in [0.1, 0.15) is 26.2 Å². The zero-order valence-corrected chi connectivity index (χ0v) is 12.1. The molecular weight excluding hydrogens is 274 g/mol. The highest BCUT2D eigenvalue weighted by molar-refractivity contribution is 6.31. The number of rotatable bonds is 4. The monoisotopic (exact) mass is 289 g/mol. The van der Waals surface area contributed by atoms with Gasteiger partial charge in [0.1, 0.15) is 11.0 Å². The van der Waals surface area contributed by atoms with Gasteiger partial charge < -0.3 is 4.98 Å². The van der Waals surface area contributed by atoms with E-state index in [9.17, 15) is 4.79 Å². The summed E-state index contributed by atoms with van der Waals surface area (Å²) < 4.78 is 1.68. The number of nitrogens with one attached hydrogen (secondary N) is 1. The quantitative estimate of drug-likeness (QED) is 0.744. The molecule has 3 aromatic rings. The number of halogens is 1. The number of fused-ring (bicyclic) bond motifs is 3. The number of aromatic amines is 1. The normalized spacial score (nSPS) is 11.5. The molecule has 0 amide bonds. The predicted octanol–water partition coefficient (Wildman–Crippen LogP) is 3.72. The van der Waals surface area contributed by atoms with Crippen molar-refractivity contribution in [3.05, 3.63) is 39.9 Å². The first-order chi connectivity index (χ1) is 9.70. The summed E-state index contributed by atoms with van der Waals surface area (Å²) in [6.45, 7) is 2.86. The number of aromatic nitrogens is 3. The SMILES string of the molecule is CCCCCn1cnc2c([nH]c3ccc(Cl)cc32)c1=O. The van der Waals surface area contributed by atoms with Crippen LogP contribution in [0.4, 0.5) is 0 Å². The van der Waals surface area contributed by atoms with E-state index in [-0.39, 0.29) is 5.56 Å². The van der Waals surface area contributed by atoms with Crippen LogP contribution in [-0.2, 0) is 6.54 Å². The summed E-state index contributed by atoms with van der Waals surface area (Å²) in [5, 5.41) is 1.54.